The van der Waals surface area contributed by atoms with Crippen molar-refractivity contribution in [3.63, 3.8) is 0 Å². The number of para-hydroxylation sites is 1. The van der Waals surface area contributed by atoms with E-state index in [-0.39, 0.29) is 29.8 Å². The average Bonchev–Trinajstić information content (AvgIpc) is 3.67. The van der Waals surface area contributed by atoms with Crippen LogP contribution in [-0.2, 0) is 33.7 Å². The molecule has 5 rings (SSSR count). The summed E-state index contributed by atoms with van der Waals surface area (Å²) in [5.41, 5.74) is 10.8. The van der Waals surface area contributed by atoms with Crippen LogP contribution in [0.2, 0.25) is 0 Å². The van der Waals surface area contributed by atoms with Crippen LogP contribution >= 0.6 is 0 Å². The first-order chi connectivity index (χ1) is 21.2. The van der Waals surface area contributed by atoms with Gasteiger partial charge >= 0.3 is 0 Å². The molecule has 0 atom stereocenters. The number of amides is 1. The Balaban J connectivity index is 1.48. The number of carbonyl (C=O) groups is 1. The van der Waals surface area contributed by atoms with Gasteiger partial charge in [-0.15, -0.1) is 0 Å². The van der Waals surface area contributed by atoms with Crippen LogP contribution in [0.1, 0.15) is 37.3 Å². The Morgan fingerprint density at radius 2 is 1.75 bits per heavy atom. The van der Waals surface area contributed by atoms with E-state index in [1.165, 1.54) is 11.6 Å². The van der Waals surface area contributed by atoms with Crippen molar-refractivity contribution in [2.75, 3.05) is 52.6 Å². The lowest BCUT2D eigenvalue weighted by atomic mass is 9.76. The van der Waals surface area contributed by atoms with Crippen LogP contribution in [0.4, 0.5) is 5.82 Å². The summed E-state index contributed by atoms with van der Waals surface area (Å²) in [5, 5.41) is 8.87. The topological polar surface area (TPSA) is 174 Å². The van der Waals surface area contributed by atoms with Gasteiger partial charge in [0.05, 0.1) is 50.2 Å². The van der Waals surface area contributed by atoms with Crippen LogP contribution in [0.3, 0.4) is 0 Å². The van der Waals surface area contributed by atoms with Gasteiger partial charge in [-0.2, -0.15) is 14.7 Å². The number of anilines is 1. The Morgan fingerprint density at radius 3 is 2.43 bits per heavy atom. The second-order valence-electron chi connectivity index (χ2n) is 10.7. The van der Waals surface area contributed by atoms with Gasteiger partial charge in [0.25, 0.3) is 5.91 Å². The molecule has 0 saturated heterocycles. The molecule has 15 heteroatoms. The second-order valence-corrected chi connectivity index (χ2v) is 12.6. The van der Waals surface area contributed by atoms with Crippen molar-refractivity contribution in [2.24, 2.45) is 0 Å². The molecule has 1 fully saturated rings. The third-order valence-electron chi connectivity index (χ3n) is 7.76. The molecule has 14 nitrogen and oxygen atoms in total. The Labute approximate surface area is 255 Å². The van der Waals surface area contributed by atoms with Gasteiger partial charge in [-0.3, -0.25) is 9.63 Å². The Hall–Kier alpha value is -3.89. The molecule has 0 spiro atoms. The van der Waals surface area contributed by atoms with Gasteiger partial charge in [0.15, 0.2) is 15.5 Å². The Morgan fingerprint density at radius 1 is 1.05 bits per heavy atom. The molecule has 0 unspecified atom stereocenters. The quantitative estimate of drug-likeness (QED) is 0.164. The SMILES string of the molecule is COCCONC(=O)C1(OCCOC)CCC(c2nc3c(-c4cnn(-c5ccccc5)c4)cnn3c(N)c2S(C)(=O)=O)CC1. The molecule has 0 radical (unpaired) electrons. The number of rotatable bonds is 13. The van der Waals surface area contributed by atoms with E-state index in [0.717, 1.165) is 17.5 Å². The highest BCUT2D eigenvalue weighted by Gasteiger charge is 2.45. The number of methoxy groups -OCH3 is 2. The second kappa shape index (κ2) is 13.4. The number of nitrogens with one attached hydrogen (secondary N) is 1. The zero-order chi connectivity index (χ0) is 31.3. The van der Waals surface area contributed by atoms with E-state index in [0.29, 0.717) is 55.8 Å². The van der Waals surface area contributed by atoms with Crippen molar-refractivity contribution in [1.82, 2.24) is 29.9 Å². The number of nitrogens with two attached hydrogens (primary N) is 1. The smallest absolute Gasteiger partial charge is 0.275 e. The summed E-state index contributed by atoms with van der Waals surface area (Å²) < 4.78 is 45.4. The van der Waals surface area contributed by atoms with Crippen molar-refractivity contribution >= 4 is 27.2 Å². The highest BCUT2D eigenvalue weighted by molar-refractivity contribution is 7.91. The van der Waals surface area contributed by atoms with Crippen LogP contribution < -0.4 is 11.2 Å². The molecular formula is C29H37N7O7S. The average molecular weight is 628 g/mol. The van der Waals surface area contributed by atoms with Gasteiger partial charge in [0.1, 0.15) is 16.3 Å². The van der Waals surface area contributed by atoms with Crippen LogP contribution in [0.25, 0.3) is 22.5 Å². The Bertz CT molecular complexity index is 1700. The summed E-state index contributed by atoms with van der Waals surface area (Å²) in [4.78, 5) is 23.4. The van der Waals surface area contributed by atoms with Gasteiger partial charge in [-0.05, 0) is 37.8 Å². The molecule has 1 saturated carbocycles. The largest absolute Gasteiger partial charge is 0.382 e. The maximum absolute atomic E-state index is 13.3. The summed E-state index contributed by atoms with van der Waals surface area (Å²) in [6.07, 6.45) is 7.69. The van der Waals surface area contributed by atoms with Crippen molar-refractivity contribution in [3.8, 4) is 16.8 Å². The minimum absolute atomic E-state index is 0.0216. The zero-order valence-electron chi connectivity index (χ0n) is 24.9. The first-order valence-electron chi connectivity index (χ1n) is 14.2. The van der Waals surface area contributed by atoms with Crippen molar-refractivity contribution in [1.29, 1.82) is 0 Å². The number of nitrogen functional groups attached to an aromatic ring is 1. The minimum Gasteiger partial charge on any atom is -0.382 e. The lowest BCUT2D eigenvalue weighted by Gasteiger charge is -2.38. The molecule has 0 bridgehead atoms. The molecule has 1 aromatic carbocycles. The van der Waals surface area contributed by atoms with Gasteiger partial charge in [-0.1, -0.05) is 18.2 Å². The number of fused-ring (bicyclic) bond motifs is 1. The van der Waals surface area contributed by atoms with E-state index >= 15 is 0 Å². The molecule has 1 aliphatic rings. The normalized spacial score (nSPS) is 18.9. The summed E-state index contributed by atoms with van der Waals surface area (Å²) in [6.45, 7) is 1.00. The number of aromatic nitrogens is 5. The first kappa shape index (κ1) is 31.5. The Kier molecular flexibility index (Phi) is 9.60. The van der Waals surface area contributed by atoms with Gasteiger partial charge in [-0.25, -0.2) is 23.6 Å². The lowest BCUT2D eigenvalue weighted by molar-refractivity contribution is -0.168. The number of nitrogens with zero attached hydrogens (tertiary/aromatic N) is 5. The predicted octanol–water partition coefficient (Wildman–Crippen LogP) is 2.32. The zero-order valence-corrected chi connectivity index (χ0v) is 25.7. The van der Waals surface area contributed by atoms with E-state index in [4.69, 9.17) is 29.8 Å². The van der Waals surface area contributed by atoms with Gasteiger partial charge in [0, 0.05) is 43.7 Å². The van der Waals surface area contributed by atoms with Gasteiger partial charge in [0.2, 0.25) is 0 Å². The van der Waals surface area contributed by atoms with Crippen LogP contribution in [0.5, 0.6) is 0 Å². The summed E-state index contributed by atoms with van der Waals surface area (Å²) in [5.74, 6) is -0.752. The van der Waals surface area contributed by atoms with Crippen LogP contribution in [0.15, 0.2) is 53.8 Å². The van der Waals surface area contributed by atoms with Crippen LogP contribution in [-0.4, -0.2) is 91.2 Å². The van der Waals surface area contributed by atoms with E-state index < -0.39 is 21.3 Å². The lowest BCUT2D eigenvalue weighted by Crippen LogP contribution is -2.51. The maximum atomic E-state index is 13.3. The number of hydrogen-bond donors (Lipinski definition) is 2. The minimum atomic E-state index is -3.80. The summed E-state index contributed by atoms with van der Waals surface area (Å²) in [7, 11) is -0.706. The molecule has 3 aromatic heterocycles. The maximum Gasteiger partial charge on any atom is 0.275 e. The first-order valence-corrected chi connectivity index (χ1v) is 16.1. The van der Waals surface area contributed by atoms with Crippen LogP contribution in [0, 0.1) is 0 Å². The highest BCUT2D eigenvalue weighted by atomic mass is 32.2. The van der Waals surface area contributed by atoms with Crippen molar-refractivity contribution in [3.05, 3.63) is 54.6 Å². The fraction of sp³-hybridized carbons (Fsp3) is 0.448. The number of carbonyl (C=O) groups excluding carboxylic acids is 1. The fourth-order valence-corrected chi connectivity index (χ4v) is 6.57. The molecule has 1 aliphatic carbocycles. The summed E-state index contributed by atoms with van der Waals surface area (Å²) in [6, 6.07) is 9.65. The van der Waals surface area contributed by atoms with E-state index in [1.54, 1.807) is 24.2 Å². The predicted molar refractivity (Wildman–Crippen MR) is 161 cm³/mol. The molecule has 1 amide bonds. The van der Waals surface area contributed by atoms with E-state index in [2.05, 4.69) is 15.7 Å². The molecular weight excluding hydrogens is 590 g/mol. The standard InChI is InChI=1S/C29H37N7O7S/c1-40-13-15-42-29(28(37)34-43-16-14-41-2)11-9-20(10-12-29)24-25(44(3,38)39)26(30)36-27(33-24)23(18-32-36)21-17-31-35(19-21)22-7-5-4-6-8-22/h4-8,17-20H,9-16,30H2,1-3H3,(H,34,37). The van der Waals surface area contributed by atoms with Gasteiger partial charge < -0.3 is 19.9 Å². The summed E-state index contributed by atoms with van der Waals surface area (Å²) >= 11 is 0. The number of ether oxygens (including phenoxy) is 3. The number of sulfone groups is 1. The third kappa shape index (κ3) is 6.46. The highest BCUT2D eigenvalue weighted by Crippen LogP contribution is 2.43. The molecule has 3 heterocycles. The van der Waals surface area contributed by atoms with E-state index in [1.807, 2.05) is 36.5 Å². The molecule has 0 aliphatic heterocycles. The molecule has 4 aromatic rings. The monoisotopic (exact) mass is 627 g/mol. The number of hydroxylamine groups is 1. The molecule has 3 N–H and O–H groups in total. The molecule has 44 heavy (non-hydrogen) atoms. The van der Waals surface area contributed by atoms with Crippen molar-refractivity contribution < 1.29 is 32.3 Å². The number of benzene rings is 1. The third-order valence-corrected chi connectivity index (χ3v) is 8.92. The molecule has 236 valence electrons. The number of hydrogen-bond acceptors (Lipinski definition) is 11. The fourth-order valence-electron chi connectivity index (χ4n) is 5.51. The van der Waals surface area contributed by atoms with E-state index in [9.17, 15) is 13.2 Å². The van der Waals surface area contributed by atoms with Crippen molar-refractivity contribution in [2.45, 2.75) is 42.1 Å².